The van der Waals surface area contributed by atoms with E-state index in [-0.39, 0.29) is 64.2 Å². The molecule has 1 aromatic rings. The number of fused-ring (bicyclic) bond motifs is 4. The monoisotopic (exact) mass is 614 g/mol. The molecule has 1 amide bonds. The number of carbonyl (C=O) groups excluding carboxylic acids is 1. The molecule has 1 aromatic carbocycles. The number of halogens is 3. The number of hydrogen-bond donors (Lipinski definition) is 2. The van der Waals surface area contributed by atoms with Crippen LogP contribution in [0.25, 0.3) is 0 Å². The predicted molar refractivity (Wildman–Crippen MR) is 158 cm³/mol. The molecule has 5 aliphatic carbocycles. The summed E-state index contributed by atoms with van der Waals surface area (Å²) in [6.45, 7) is 12.8. The SMILES string of the molecule is CC(=O)N(C[C]1C[C@@H](C)[C@H]2[C](O1)[C@H](O)[C@@]1(C)[C]3CC[C@H]4C(C)(C)[C@@H](O)CC[C@@]45C[C@@]35CC[C@]21C)Cc1cc(F)c(F)c(F)c1. The lowest BCUT2D eigenvalue weighted by Crippen LogP contribution is -2.58. The summed E-state index contributed by atoms with van der Waals surface area (Å²) >= 11 is 0. The van der Waals surface area contributed by atoms with E-state index in [2.05, 4.69) is 34.6 Å². The Hall–Kier alpha value is -1.64. The van der Waals surface area contributed by atoms with Crippen molar-refractivity contribution in [1.29, 1.82) is 0 Å². The summed E-state index contributed by atoms with van der Waals surface area (Å²) in [5.74, 6) is -2.14. The molecule has 2 spiro atoms. The number of ether oxygens (including phenoxy) is 1. The van der Waals surface area contributed by atoms with Crippen LogP contribution in [0.3, 0.4) is 0 Å². The van der Waals surface area contributed by atoms with E-state index >= 15 is 0 Å². The zero-order valence-corrected chi connectivity index (χ0v) is 26.9. The number of aliphatic hydroxyl groups excluding tert-OH is 2. The van der Waals surface area contributed by atoms with Crippen LogP contribution in [0.1, 0.15) is 98.5 Å². The summed E-state index contributed by atoms with van der Waals surface area (Å²) in [5, 5.41) is 23.3. The van der Waals surface area contributed by atoms with Gasteiger partial charge < -0.3 is 19.8 Å². The molecular formula is C36H47F3NO4. The van der Waals surface area contributed by atoms with Crippen LogP contribution in [0.15, 0.2) is 12.1 Å². The number of aliphatic hydroxyl groups is 2. The minimum atomic E-state index is -1.53. The first kappa shape index (κ1) is 31.0. The van der Waals surface area contributed by atoms with Crippen molar-refractivity contribution in [1.82, 2.24) is 4.90 Å². The van der Waals surface area contributed by atoms with Gasteiger partial charge in [-0.15, -0.1) is 0 Å². The molecule has 6 fully saturated rings. The molecule has 8 heteroatoms. The second-order valence-electron chi connectivity index (χ2n) is 16.3. The quantitative estimate of drug-likeness (QED) is 0.362. The zero-order valence-electron chi connectivity index (χ0n) is 26.9. The van der Waals surface area contributed by atoms with Crippen molar-refractivity contribution >= 4 is 5.91 Å². The minimum Gasteiger partial charge on any atom is -0.393 e. The van der Waals surface area contributed by atoms with Crippen molar-refractivity contribution in [3.63, 3.8) is 0 Å². The maximum Gasteiger partial charge on any atom is 0.219 e. The fraction of sp³-hybridized carbons (Fsp3) is 0.722. The van der Waals surface area contributed by atoms with E-state index in [1.165, 1.54) is 24.2 Å². The molecule has 2 N–H and O–H groups in total. The second kappa shape index (κ2) is 9.70. The molecule has 241 valence electrons. The van der Waals surface area contributed by atoms with Gasteiger partial charge in [0, 0.05) is 24.8 Å². The molecule has 9 atom stereocenters. The van der Waals surface area contributed by atoms with E-state index in [0.29, 0.717) is 24.5 Å². The number of hydrogen-bond acceptors (Lipinski definition) is 4. The van der Waals surface area contributed by atoms with Crippen LogP contribution in [0.4, 0.5) is 13.2 Å². The Morgan fingerprint density at radius 2 is 1.70 bits per heavy atom. The number of nitrogens with zero attached hydrogens (tertiary/aromatic N) is 1. The number of carbonyl (C=O) groups is 1. The molecule has 6 aliphatic rings. The first-order chi connectivity index (χ1) is 20.5. The first-order valence-corrected chi connectivity index (χ1v) is 16.5. The average molecular weight is 615 g/mol. The Labute approximate surface area is 259 Å². The molecule has 0 bridgehead atoms. The van der Waals surface area contributed by atoms with E-state index in [9.17, 15) is 28.2 Å². The highest BCUT2D eigenvalue weighted by Gasteiger charge is 2.85. The lowest BCUT2D eigenvalue weighted by molar-refractivity contribution is -0.131. The predicted octanol–water partition coefficient (Wildman–Crippen LogP) is 6.91. The van der Waals surface area contributed by atoms with Crippen molar-refractivity contribution < 1.29 is 32.9 Å². The molecule has 44 heavy (non-hydrogen) atoms. The highest BCUT2D eigenvalue weighted by molar-refractivity contribution is 5.73. The number of amides is 1. The van der Waals surface area contributed by atoms with Gasteiger partial charge in [-0.2, -0.15) is 0 Å². The van der Waals surface area contributed by atoms with Gasteiger partial charge in [0.1, 0.15) is 12.2 Å². The van der Waals surface area contributed by atoms with Gasteiger partial charge in [-0.3, -0.25) is 4.79 Å². The van der Waals surface area contributed by atoms with E-state index in [0.717, 1.165) is 50.7 Å². The van der Waals surface area contributed by atoms with Crippen molar-refractivity contribution in [2.24, 2.45) is 44.8 Å². The maximum absolute atomic E-state index is 13.9. The molecule has 7 rings (SSSR count). The smallest absolute Gasteiger partial charge is 0.219 e. The Kier molecular flexibility index (Phi) is 6.83. The van der Waals surface area contributed by atoms with Crippen LogP contribution in [-0.2, 0) is 16.1 Å². The van der Waals surface area contributed by atoms with E-state index in [1.54, 1.807) is 0 Å². The van der Waals surface area contributed by atoms with E-state index in [1.807, 2.05) is 0 Å². The number of benzene rings is 1. The fourth-order valence-electron chi connectivity index (χ4n) is 12.0. The Morgan fingerprint density at radius 1 is 1.02 bits per heavy atom. The van der Waals surface area contributed by atoms with Gasteiger partial charge >= 0.3 is 0 Å². The zero-order chi connectivity index (χ0) is 31.8. The summed E-state index contributed by atoms with van der Waals surface area (Å²) in [6, 6.07) is 1.84. The minimum absolute atomic E-state index is 0.0687. The third-order valence-electron chi connectivity index (χ3n) is 14.3. The maximum atomic E-state index is 13.9. The molecule has 1 aliphatic heterocycles. The summed E-state index contributed by atoms with van der Waals surface area (Å²) in [6.07, 6.45) is 8.15. The van der Waals surface area contributed by atoms with Gasteiger partial charge in [-0.25, -0.2) is 13.2 Å². The topological polar surface area (TPSA) is 70.0 Å². The third-order valence-corrected chi connectivity index (χ3v) is 14.3. The molecule has 0 aromatic heterocycles. The van der Waals surface area contributed by atoms with Gasteiger partial charge in [-0.1, -0.05) is 34.6 Å². The summed E-state index contributed by atoms with van der Waals surface area (Å²) < 4.78 is 48.0. The Bertz CT molecular complexity index is 1350. The van der Waals surface area contributed by atoms with Crippen LogP contribution in [-0.4, -0.2) is 39.8 Å². The van der Waals surface area contributed by atoms with Crippen LogP contribution in [0.5, 0.6) is 0 Å². The summed E-state index contributed by atoms with van der Waals surface area (Å²) in [4.78, 5) is 14.1. The van der Waals surface area contributed by atoms with Gasteiger partial charge in [0.2, 0.25) is 5.91 Å². The van der Waals surface area contributed by atoms with E-state index in [4.69, 9.17) is 4.74 Å². The first-order valence-electron chi connectivity index (χ1n) is 16.5. The van der Waals surface area contributed by atoms with Crippen LogP contribution in [0, 0.1) is 80.4 Å². The van der Waals surface area contributed by atoms with Gasteiger partial charge in [0.25, 0.3) is 0 Å². The summed E-state index contributed by atoms with van der Waals surface area (Å²) in [7, 11) is 0. The van der Waals surface area contributed by atoms with Gasteiger partial charge in [0.15, 0.2) is 17.5 Å². The molecule has 5 saturated carbocycles. The molecule has 0 unspecified atom stereocenters. The lowest BCUT2D eigenvalue weighted by Gasteiger charge is -2.63. The van der Waals surface area contributed by atoms with Crippen LogP contribution >= 0.6 is 0 Å². The Morgan fingerprint density at radius 3 is 2.36 bits per heavy atom. The van der Waals surface area contributed by atoms with Crippen molar-refractivity contribution in [2.45, 2.75) is 112 Å². The highest BCUT2D eigenvalue weighted by Crippen LogP contribution is 2.90. The average Bonchev–Trinajstić information content (AvgIpc) is 3.58. The number of rotatable bonds is 4. The summed E-state index contributed by atoms with van der Waals surface area (Å²) in [5.41, 5.74) is -0.215. The van der Waals surface area contributed by atoms with Crippen molar-refractivity contribution in [3.8, 4) is 0 Å². The molecule has 1 saturated heterocycles. The Balaban J connectivity index is 1.14. The fourth-order valence-corrected chi connectivity index (χ4v) is 12.0. The highest BCUT2D eigenvalue weighted by atomic mass is 19.2. The van der Waals surface area contributed by atoms with Crippen molar-refractivity contribution in [3.05, 3.63) is 53.3 Å². The van der Waals surface area contributed by atoms with Crippen LogP contribution in [0.2, 0.25) is 0 Å². The molecule has 1 heterocycles. The molecule has 5 nitrogen and oxygen atoms in total. The van der Waals surface area contributed by atoms with Gasteiger partial charge in [-0.05, 0) is 108 Å². The standard InChI is InChI=1S/C36H47F3NO4/c1-19-13-22(17-40(20(2)41)16-21-14-23(37)29(39)24(38)15-21)44-30-28(19)33(5)11-12-36-18-35(36)10-9-27(42)32(3,4)25(35)7-8-26(36)34(33,6)31(30)43/h14-15,19,25,27-28,31,42-43H,7-13,16-18H2,1-6H3/t19-,25+,27+,28+,31+,33-,34-,35-,36+/m1/s1. The van der Waals surface area contributed by atoms with E-state index < -0.39 is 29.0 Å². The molecule has 3 radical (unpaired) electrons. The molecular weight excluding hydrogens is 567 g/mol. The third kappa shape index (κ3) is 3.79. The van der Waals surface area contributed by atoms with Crippen LogP contribution < -0.4 is 0 Å². The van der Waals surface area contributed by atoms with Crippen molar-refractivity contribution in [2.75, 3.05) is 6.54 Å². The largest absolute Gasteiger partial charge is 0.393 e. The lowest BCUT2D eigenvalue weighted by atomic mass is 9.41. The van der Waals surface area contributed by atoms with Gasteiger partial charge in [0.05, 0.1) is 18.8 Å². The normalized spacial score (nSPS) is 44.7. The second-order valence-corrected chi connectivity index (χ2v) is 16.3.